The molecule has 0 bridgehead atoms. The number of hydrogen-bond donors (Lipinski definition) is 0. The van der Waals surface area contributed by atoms with Gasteiger partial charge in [0.05, 0.1) is 0 Å². The van der Waals surface area contributed by atoms with Crippen LogP contribution in [0.3, 0.4) is 0 Å². The van der Waals surface area contributed by atoms with Gasteiger partial charge in [-0.2, -0.15) is 0 Å². The van der Waals surface area contributed by atoms with E-state index in [0.29, 0.717) is 0 Å². The average molecular weight is 310 g/mol. The van der Waals surface area contributed by atoms with Crippen molar-refractivity contribution in [3.63, 3.8) is 0 Å². The zero-order chi connectivity index (χ0) is 16.8. The van der Waals surface area contributed by atoms with E-state index < -0.39 is 0 Å². The Morgan fingerprint density at radius 2 is 1.39 bits per heavy atom. The summed E-state index contributed by atoms with van der Waals surface area (Å²) in [4.78, 5) is 10.6. The van der Waals surface area contributed by atoms with Gasteiger partial charge in [-0.05, 0) is 36.8 Å². The zero-order valence-electron chi connectivity index (χ0n) is 14.6. The number of aryl methyl sites for hydroxylation is 2. The normalized spacial score (nSPS) is 9.83. The van der Waals surface area contributed by atoms with E-state index in [1.807, 2.05) is 24.3 Å². The third-order valence-electron chi connectivity index (χ3n) is 3.89. The lowest BCUT2D eigenvalue weighted by atomic mass is 10.0. The number of unbranched alkanes of at least 4 members (excludes halogenated alkanes) is 3. The molecule has 0 saturated carbocycles. The molecule has 0 spiro atoms. The monoisotopic (exact) mass is 310 g/mol. The third kappa shape index (κ3) is 8.35. The summed E-state index contributed by atoms with van der Waals surface area (Å²) in [5.74, 6) is 0. The minimum atomic E-state index is 0.839. The summed E-state index contributed by atoms with van der Waals surface area (Å²) in [6, 6.07) is 18.5. The molecular weight excluding hydrogens is 280 g/mol. The van der Waals surface area contributed by atoms with Gasteiger partial charge in [0.25, 0.3) is 0 Å². The van der Waals surface area contributed by atoms with Crippen molar-refractivity contribution in [2.75, 3.05) is 0 Å². The van der Waals surface area contributed by atoms with Crippen LogP contribution < -0.4 is 0 Å². The summed E-state index contributed by atoms with van der Waals surface area (Å²) in [6.07, 6.45) is 9.53. The van der Waals surface area contributed by atoms with E-state index in [1.54, 1.807) is 0 Å². The van der Waals surface area contributed by atoms with E-state index in [0.717, 1.165) is 24.7 Å². The maximum atomic E-state index is 10.6. The molecule has 0 aliphatic carbocycles. The summed E-state index contributed by atoms with van der Waals surface area (Å²) in [7, 11) is 0. The molecule has 0 N–H and O–H groups in total. The molecule has 2 rings (SSSR count). The van der Waals surface area contributed by atoms with Crippen molar-refractivity contribution in [2.24, 2.45) is 0 Å². The Balaban J connectivity index is 0.000000231. The second-order valence-electron chi connectivity index (χ2n) is 5.86. The Bertz CT molecular complexity index is 531. The minimum Gasteiger partial charge on any atom is -0.298 e. The van der Waals surface area contributed by atoms with E-state index in [4.69, 9.17) is 0 Å². The maximum absolute atomic E-state index is 10.6. The lowest BCUT2D eigenvalue weighted by Crippen LogP contribution is -1.91. The number of aldehydes is 1. The lowest BCUT2D eigenvalue weighted by molar-refractivity contribution is 0.112. The van der Waals surface area contributed by atoms with Crippen LogP contribution in [-0.4, -0.2) is 6.29 Å². The zero-order valence-corrected chi connectivity index (χ0v) is 14.6. The highest BCUT2D eigenvalue weighted by molar-refractivity contribution is 5.77. The first-order chi connectivity index (χ1) is 11.3. The van der Waals surface area contributed by atoms with Crippen molar-refractivity contribution < 1.29 is 4.79 Å². The third-order valence-corrected chi connectivity index (χ3v) is 3.89. The van der Waals surface area contributed by atoms with Crippen molar-refractivity contribution in [2.45, 2.75) is 58.8 Å². The molecule has 0 amide bonds. The molecule has 0 atom stereocenters. The first-order valence-corrected chi connectivity index (χ1v) is 8.88. The van der Waals surface area contributed by atoms with Gasteiger partial charge in [-0.3, -0.25) is 4.79 Å². The quantitative estimate of drug-likeness (QED) is 0.415. The van der Waals surface area contributed by atoms with Crippen LogP contribution in [-0.2, 0) is 12.8 Å². The summed E-state index contributed by atoms with van der Waals surface area (Å²) in [6.45, 7) is 4.40. The molecule has 0 aromatic heterocycles. The average Bonchev–Trinajstić information content (AvgIpc) is 2.62. The van der Waals surface area contributed by atoms with Crippen LogP contribution in [0.2, 0.25) is 0 Å². The Kier molecular flexibility index (Phi) is 10.5. The van der Waals surface area contributed by atoms with Crippen molar-refractivity contribution in [3.05, 3.63) is 71.3 Å². The standard InChI is InChI=1S/C11H14O.C11H16/c1-2-3-6-10-7-4-5-8-11(10)9-12;1-2-3-5-8-11-9-6-4-7-10-11/h4-5,7-9H,2-3,6H2,1H3;4,6-7,9-10H,2-3,5,8H2,1H3. The summed E-state index contributed by atoms with van der Waals surface area (Å²) < 4.78 is 0. The van der Waals surface area contributed by atoms with E-state index >= 15 is 0 Å². The highest BCUT2D eigenvalue weighted by Crippen LogP contribution is 2.09. The van der Waals surface area contributed by atoms with Gasteiger partial charge in [0.2, 0.25) is 0 Å². The molecule has 0 radical (unpaired) electrons. The number of carbonyl (C=O) groups is 1. The topological polar surface area (TPSA) is 17.1 Å². The number of rotatable bonds is 8. The molecule has 0 saturated heterocycles. The van der Waals surface area contributed by atoms with Gasteiger partial charge in [0.15, 0.2) is 0 Å². The fourth-order valence-corrected chi connectivity index (χ4v) is 2.47. The van der Waals surface area contributed by atoms with Crippen LogP contribution in [0.25, 0.3) is 0 Å². The molecule has 124 valence electrons. The number of benzene rings is 2. The predicted molar refractivity (Wildman–Crippen MR) is 100 cm³/mol. The Morgan fingerprint density at radius 3 is 2.04 bits per heavy atom. The van der Waals surface area contributed by atoms with Gasteiger partial charge in [0.1, 0.15) is 6.29 Å². The number of carbonyl (C=O) groups excluding carboxylic acids is 1. The van der Waals surface area contributed by atoms with Crippen molar-refractivity contribution in [1.29, 1.82) is 0 Å². The largest absolute Gasteiger partial charge is 0.298 e. The van der Waals surface area contributed by atoms with Crippen LogP contribution in [0.15, 0.2) is 54.6 Å². The molecule has 0 aliphatic heterocycles. The first-order valence-electron chi connectivity index (χ1n) is 8.88. The molecule has 1 nitrogen and oxygen atoms in total. The minimum absolute atomic E-state index is 0.839. The molecule has 2 aromatic rings. The molecule has 2 aromatic carbocycles. The van der Waals surface area contributed by atoms with Crippen molar-refractivity contribution >= 4 is 6.29 Å². The molecule has 0 aliphatic rings. The second-order valence-corrected chi connectivity index (χ2v) is 5.86. The highest BCUT2D eigenvalue weighted by atomic mass is 16.1. The van der Waals surface area contributed by atoms with Crippen LogP contribution in [0.4, 0.5) is 0 Å². The smallest absolute Gasteiger partial charge is 0.150 e. The second kappa shape index (κ2) is 12.6. The lowest BCUT2D eigenvalue weighted by Gasteiger charge is -2.01. The fourth-order valence-electron chi connectivity index (χ4n) is 2.47. The summed E-state index contributed by atoms with van der Waals surface area (Å²) in [5.41, 5.74) is 3.49. The molecular formula is C22H30O. The molecule has 0 unspecified atom stereocenters. The Labute approximate surface area is 141 Å². The van der Waals surface area contributed by atoms with Gasteiger partial charge in [-0.15, -0.1) is 0 Å². The fraction of sp³-hybridized carbons (Fsp3) is 0.409. The van der Waals surface area contributed by atoms with E-state index in [-0.39, 0.29) is 0 Å². The van der Waals surface area contributed by atoms with Gasteiger partial charge in [-0.1, -0.05) is 87.7 Å². The van der Waals surface area contributed by atoms with E-state index in [2.05, 4.69) is 44.2 Å². The SMILES string of the molecule is CCCCCc1ccccc1.CCCCc1ccccc1C=O. The van der Waals surface area contributed by atoms with E-state index in [1.165, 1.54) is 43.2 Å². The van der Waals surface area contributed by atoms with E-state index in [9.17, 15) is 4.79 Å². The van der Waals surface area contributed by atoms with Gasteiger partial charge in [-0.25, -0.2) is 0 Å². The van der Waals surface area contributed by atoms with Crippen LogP contribution >= 0.6 is 0 Å². The Morgan fingerprint density at radius 1 is 0.739 bits per heavy atom. The van der Waals surface area contributed by atoms with Gasteiger partial charge < -0.3 is 0 Å². The molecule has 1 heteroatoms. The van der Waals surface area contributed by atoms with Crippen molar-refractivity contribution in [3.8, 4) is 0 Å². The molecule has 0 heterocycles. The molecule has 0 fully saturated rings. The number of hydrogen-bond acceptors (Lipinski definition) is 1. The summed E-state index contributed by atoms with van der Waals surface area (Å²) >= 11 is 0. The highest BCUT2D eigenvalue weighted by Gasteiger charge is 1.98. The Hall–Kier alpha value is -1.89. The maximum Gasteiger partial charge on any atom is 0.150 e. The summed E-state index contributed by atoms with van der Waals surface area (Å²) in [5, 5.41) is 0. The molecule has 23 heavy (non-hydrogen) atoms. The predicted octanol–water partition coefficient (Wildman–Crippen LogP) is 6.26. The van der Waals surface area contributed by atoms with Crippen molar-refractivity contribution in [1.82, 2.24) is 0 Å². The van der Waals surface area contributed by atoms with Crippen LogP contribution in [0.5, 0.6) is 0 Å². The van der Waals surface area contributed by atoms with Crippen LogP contribution in [0.1, 0.15) is 67.4 Å². The van der Waals surface area contributed by atoms with Gasteiger partial charge >= 0.3 is 0 Å². The van der Waals surface area contributed by atoms with Gasteiger partial charge in [0, 0.05) is 5.56 Å². The first kappa shape index (κ1) is 19.2. The van der Waals surface area contributed by atoms with Crippen LogP contribution in [0, 0.1) is 0 Å².